The van der Waals surface area contributed by atoms with Crippen molar-refractivity contribution in [3.8, 4) is 5.75 Å². The highest BCUT2D eigenvalue weighted by Crippen LogP contribution is 2.48. The molecule has 1 atom stereocenters. The first kappa shape index (κ1) is 12.9. The molecule has 0 amide bonds. The van der Waals surface area contributed by atoms with Gasteiger partial charge < -0.3 is 14.6 Å². The van der Waals surface area contributed by atoms with Gasteiger partial charge in [-0.1, -0.05) is 15.9 Å². The molecule has 4 nitrogen and oxygen atoms in total. The molecule has 1 saturated carbocycles. The van der Waals surface area contributed by atoms with Gasteiger partial charge in [-0.3, -0.25) is 4.79 Å². The molecule has 0 spiro atoms. The van der Waals surface area contributed by atoms with Crippen molar-refractivity contribution in [3.63, 3.8) is 0 Å². The molecule has 0 aromatic heterocycles. The van der Waals surface area contributed by atoms with E-state index in [-0.39, 0.29) is 19.1 Å². The normalized spacial score (nSPS) is 19.4. The van der Waals surface area contributed by atoms with Gasteiger partial charge in [-0.25, -0.2) is 0 Å². The SMILES string of the molecule is O=C(O)CC(c1cc(Br)cc2c1OCOC2)C1CC1. The van der Waals surface area contributed by atoms with Crippen molar-refractivity contribution in [2.24, 2.45) is 5.92 Å². The van der Waals surface area contributed by atoms with Crippen LogP contribution in [0.3, 0.4) is 0 Å². The second-order valence-corrected chi connectivity index (χ2v) is 6.05. The minimum absolute atomic E-state index is 0.0434. The Bertz CT molecular complexity index is 510. The van der Waals surface area contributed by atoms with Crippen LogP contribution in [0.5, 0.6) is 5.75 Å². The number of benzene rings is 1. The number of halogens is 1. The molecule has 0 radical (unpaired) electrons. The van der Waals surface area contributed by atoms with E-state index in [1.54, 1.807) is 0 Å². The van der Waals surface area contributed by atoms with Gasteiger partial charge in [0.25, 0.3) is 0 Å². The van der Waals surface area contributed by atoms with Gasteiger partial charge in [-0.05, 0) is 36.5 Å². The molecule has 0 bridgehead atoms. The first-order valence-corrected chi connectivity index (χ1v) is 7.19. The van der Waals surface area contributed by atoms with Crippen LogP contribution in [0.4, 0.5) is 0 Å². The van der Waals surface area contributed by atoms with Crippen LogP contribution in [0.1, 0.15) is 36.3 Å². The first-order valence-electron chi connectivity index (χ1n) is 6.40. The molecular formula is C14H15BrO4. The maximum absolute atomic E-state index is 11.1. The van der Waals surface area contributed by atoms with E-state index in [2.05, 4.69) is 15.9 Å². The van der Waals surface area contributed by atoms with Gasteiger partial charge >= 0.3 is 5.97 Å². The second-order valence-electron chi connectivity index (χ2n) is 5.14. The minimum Gasteiger partial charge on any atom is -0.481 e. The smallest absolute Gasteiger partial charge is 0.303 e. The molecule has 2 aliphatic rings. The van der Waals surface area contributed by atoms with E-state index in [1.807, 2.05) is 12.1 Å². The number of carboxylic acid groups (broad SMARTS) is 1. The van der Waals surface area contributed by atoms with Crippen LogP contribution < -0.4 is 4.74 Å². The highest BCUT2D eigenvalue weighted by Gasteiger charge is 2.36. The number of carbonyl (C=O) groups is 1. The van der Waals surface area contributed by atoms with Crippen molar-refractivity contribution in [1.29, 1.82) is 0 Å². The molecule has 5 heteroatoms. The zero-order valence-corrected chi connectivity index (χ0v) is 12.0. The molecular weight excluding hydrogens is 312 g/mol. The van der Waals surface area contributed by atoms with E-state index in [4.69, 9.17) is 14.6 Å². The fourth-order valence-electron chi connectivity index (χ4n) is 2.70. The molecule has 19 heavy (non-hydrogen) atoms. The third kappa shape index (κ3) is 2.77. The lowest BCUT2D eigenvalue weighted by Gasteiger charge is -2.25. The van der Waals surface area contributed by atoms with Crippen molar-refractivity contribution in [2.75, 3.05) is 6.79 Å². The maximum atomic E-state index is 11.1. The third-order valence-electron chi connectivity index (χ3n) is 3.69. The van der Waals surface area contributed by atoms with Crippen LogP contribution in [0.15, 0.2) is 16.6 Å². The van der Waals surface area contributed by atoms with Crippen LogP contribution in [0.25, 0.3) is 0 Å². The number of hydrogen-bond donors (Lipinski definition) is 1. The van der Waals surface area contributed by atoms with Gasteiger partial charge in [-0.2, -0.15) is 0 Å². The fraction of sp³-hybridized carbons (Fsp3) is 0.500. The lowest BCUT2D eigenvalue weighted by Crippen LogP contribution is -2.16. The average Bonchev–Trinajstić information content (AvgIpc) is 3.19. The van der Waals surface area contributed by atoms with E-state index < -0.39 is 5.97 Å². The van der Waals surface area contributed by atoms with Crippen molar-refractivity contribution < 1.29 is 19.4 Å². The zero-order chi connectivity index (χ0) is 13.4. The standard InChI is InChI=1S/C14H15BrO4/c15-10-3-9-6-18-7-19-14(9)12(4-10)11(5-13(16)17)8-1-2-8/h3-4,8,11H,1-2,5-7H2,(H,16,17). The summed E-state index contributed by atoms with van der Waals surface area (Å²) in [5.41, 5.74) is 2.00. The van der Waals surface area contributed by atoms with E-state index in [9.17, 15) is 4.79 Å². The molecule has 1 aromatic rings. The molecule has 1 aromatic carbocycles. The molecule has 1 fully saturated rings. The first-order chi connectivity index (χ1) is 9.15. The summed E-state index contributed by atoms with van der Waals surface area (Å²) in [6, 6.07) is 3.97. The monoisotopic (exact) mass is 326 g/mol. The zero-order valence-electron chi connectivity index (χ0n) is 10.4. The minimum atomic E-state index is -0.752. The molecule has 1 aliphatic heterocycles. The third-order valence-corrected chi connectivity index (χ3v) is 4.15. The summed E-state index contributed by atoms with van der Waals surface area (Å²) < 4.78 is 11.8. The Kier molecular flexibility index (Phi) is 3.50. The number of rotatable bonds is 4. The van der Waals surface area contributed by atoms with Gasteiger partial charge in [-0.15, -0.1) is 0 Å². The Hall–Kier alpha value is -1.07. The summed E-state index contributed by atoms with van der Waals surface area (Å²) >= 11 is 3.49. The largest absolute Gasteiger partial charge is 0.481 e. The van der Waals surface area contributed by atoms with Gasteiger partial charge in [0.05, 0.1) is 13.0 Å². The highest BCUT2D eigenvalue weighted by atomic mass is 79.9. The second kappa shape index (κ2) is 5.13. The van der Waals surface area contributed by atoms with Crippen LogP contribution >= 0.6 is 15.9 Å². The Labute approximate surface area is 119 Å². The lowest BCUT2D eigenvalue weighted by atomic mass is 9.89. The summed E-state index contributed by atoms with van der Waals surface area (Å²) in [5.74, 6) is 0.591. The Morgan fingerprint density at radius 1 is 1.47 bits per heavy atom. The van der Waals surface area contributed by atoms with Gasteiger partial charge in [0.2, 0.25) is 0 Å². The number of fused-ring (bicyclic) bond motifs is 1. The molecule has 1 unspecified atom stereocenters. The molecule has 1 heterocycles. The molecule has 1 aliphatic carbocycles. The summed E-state index contributed by atoms with van der Waals surface area (Å²) in [4.78, 5) is 11.1. The molecule has 3 rings (SSSR count). The quantitative estimate of drug-likeness (QED) is 0.922. The summed E-state index contributed by atoms with van der Waals surface area (Å²) in [5, 5.41) is 9.12. The van der Waals surface area contributed by atoms with Crippen LogP contribution in [-0.2, 0) is 16.1 Å². The molecule has 0 saturated heterocycles. The summed E-state index contributed by atoms with van der Waals surface area (Å²) in [6.45, 7) is 0.762. The Morgan fingerprint density at radius 2 is 2.26 bits per heavy atom. The Balaban J connectivity index is 2.01. The topological polar surface area (TPSA) is 55.8 Å². The predicted molar refractivity (Wildman–Crippen MR) is 72.1 cm³/mol. The average molecular weight is 327 g/mol. The van der Waals surface area contributed by atoms with Gasteiger partial charge in [0.1, 0.15) is 5.75 Å². The van der Waals surface area contributed by atoms with Crippen LogP contribution in [0, 0.1) is 5.92 Å². The molecule has 102 valence electrons. The fourth-order valence-corrected chi connectivity index (χ4v) is 3.22. The van der Waals surface area contributed by atoms with Crippen molar-refractivity contribution in [2.45, 2.75) is 31.8 Å². The van der Waals surface area contributed by atoms with E-state index in [0.29, 0.717) is 12.5 Å². The van der Waals surface area contributed by atoms with Gasteiger partial charge in [0.15, 0.2) is 6.79 Å². The van der Waals surface area contributed by atoms with Crippen molar-refractivity contribution in [1.82, 2.24) is 0 Å². The lowest BCUT2D eigenvalue weighted by molar-refractivity contribution is -0.137. The number of carboxylic acids is 1. The van der Waals surface area contributed by atoms with Crippen LogP contribution in [-0.4, -0.2) is 17.9 Å². The van der Waals surface area contributed by atoms with Crippen molar-refractivity contribution >= 4 is 21.9 Å². The predicted octanol–water partition coefficient (Wildman–Crippen LogP) is 3.28. The van der Waals surface area contributed by atoms with Crippen LogP contribution in [0.2, 0.25) is 0 Å². The molecule has 1 N–H and O–H groups in total. The summed E-state index contributed by atoms with van der Waals surface area (Å²) in [6.07, 6.45) is 2.38. The van der Waals surface area contributed by atoms with E-state index in [0.717, 1.165) is 34.2 Å². The van der Waals surface area contributed by atoms with E-state index >= 15 is 0 Å². The van der Waals surface area contributed by atoms with Crippen molar-refractivity contribution in [3.05, 3.63) is 27.7 Å². The Morgan fingerprint density at radius 3 is 2.95 bits per heavy atom. The summed E-state index contributed by atoms with van der Waals surface area (Å²) in [7, 11) is 0. The number of aliphatic carboxylic acids is 1. The maximum Gasteiger partial charge on any atom is 0.303 e. The number of ether oxygens (including phenoxy) is 2. The highest BCUT2D eigenvalue weighted by molar-refractivity contribution is 9.10. The number of hydrogen-bond acceptors (Lipinski definition) is 3. The van der Waals surface area contributed by atoms with E-state index in [1.165, 1.54) is 0 Å². The van der Waals surface area contributed by atoms with Gasteiger partial charge in [0, 0.05) is 16.0 Å².